The van der Waals surface area contributed by atoms with Crippen LogP contribution >= 0.6 is 0 Å². The second-order valence-corrected chi connectivity index (χ2v) is 7.25. The predicted molar refractivity (Wildman–Crippen MR) is 116 cm³/mol. The van der Waals surface area contributed by atoms with Crippen molar-refractivity contribution in [3.8, 4) is 17.6 Å². The van der Waals surface area contributed by atoms with Gasteiger partial charge in [-0.2, -0.15) is 5.26 Å². The molecule has 7 nitrogen and oxygen atoms in total. The first-order chi connectivity index (χ1) is 14.6. The van der Waals surface area contributed by atoms with Gasteiger partial charge < -0.3 is 25.0 Å². The number of carbonyl (C=O) groups is 1. The highest BCUT2D eigenvalue weighted by atomic mass is 16.5. The molecule has 158 valence electrons. The van der Waals surface area contributed by atoms with Crippen LogP contribution in [-0.4, -0.2) is 45.9 Å². The van der Waals surface area contributed by atoms with E-state index in [-0.39, 0.29) is 12.1 Å². The van der Waals surface area contributed by atoms with Crippen LogP contribution in [0.4, 0.5) is 10.5 Å². The maximum atomic E-state index is 12.3. The number of nitrogens with zero attached hydrogens (tertiary/aromatic N) is 2. The molecule has 0 aromatic heterocycles. The average molecular weight is 409 g/mol. The molecule has 2 aromatic carbocycles. The first-order valence-corrected chi connectivity index (χ1v) is 10.1. The monoisotopic (exact) mass is 408 g/mol. The smallest absolute Gasteiger partial charge is 0.315 e. The topological polar surface area (TPSA) is 86.6 Å². The maximum Gasteiger partial charge on any atom is 0.315 e. The van der Waals surface area contributed by atoms with Crippen molar-refractivity contribution < 1.29 is 14.3 Å². The van der Waals surface area contributed by atoms with Gasteiger partial charge in [0, 0.05) is 31.4 Å². The van der Waals surface area contributed by atoms with Gasteiger partial charge in [0.15, 0.2) is 0 Å². The Hall–Kier alpha value is -3.40. The molecular formula is C23H28N4O3. The van der Waals surface area contributed by atoms with Gasteiger partial charge in [-0.05, 0) is 67.3 Å². The Morgan fingerprint density at radius 2 is 1.87 bits per heavy atom. The lowest BCUT2D eigenvalue weighted by Crippen LogP contribution is -2.48. The largest absolute Gasteiger partial charge is 0.497 e. The van der Waals surface area contributed by atoms with Gasteiger partial charge in [0.2, 0.25) is 0 Å². The third kappa shape index (κ3) is 5.57. The van der Waals surface area contributed by atoms with Crippen LogP contribution in [0.15, 0.2) is 42.5 Å². The summed E-state index contributed by atoms with van der Waals surface area (Å²) < 4.78 is 10.6. The van der Waals surface area contributed by atoms with Crippen LogP contribution in [0.5, 0.6) is 11.5 Å². The summed E-state index contributed by atoms with van der Waals surface area (Å²) in [5.41, 5.74) is 2.77. The Balaban J connectivity index is 1.41. The minimum Gasteiger partial charge on any atom is -0.497 e. The van der Waals surface area contributed by atoms with E-state index in [2.05, 4.69) is 21.6 Å². The average Bonchev–Trinajstić information content (AvgIpc) is 2.79. The number of benzene rings is 2. The number of anilines is 1. The predicted octanol–water partition coefficient (Wildman–Crippen LogP) is 3.09. The molecule has 0 bridgehead atoms. The van der Waals surface area contributed by atoms with Crippen molar-refractivity contribution in [3.05, 3.63) is 53.6 Å². The van der Waals surface area contributed by atoms with Crippen LogP contribution < -0.4 is 25.0 Å². The summed E-state index contributed by atoms with van der Waals surface area (Å²) in [5.74, 6) is 1.55. The summed E-state index contributed by atoms with van der Waals surface area (Å²) in [6.45, 7) is 2.26. The van der Waals surface area contributed by atoms with E-state index >= 15 is 0 Å². The van der Waals surface area contributed by atoms with Crippen molar-refractivity contribution in [2.45, 2.75) is 25.3 Å². The molecule has 2 amide bonds. The van der Waals surface area contributed by atoms with Gasteiger partial charge in [-0.15, -0.1) is 0 Å². The number of ether oxygens (including phenoxy) is 2. The van der Waals surface area contributed by atoms with Crippen molar-refractivity contribution in [2.75, 3.05) is 38.8 Å². The van der Waals surface area contributed by atoms with Crippen molar-refractivity contribution in [1.29, 1.82) is 5.26 Å². The minimum atomic E-state index is -0.145. The van der Waals surface area contributed by atoms with E-state index in [9.17, 15) is 4.79 Å². The van der Waals surface area contributed by atoms with Gasteiger partial charge in [0.1, 0.15) is 11.5 Å². The number of urea groups is 1. The fraction of sp³-hybridized carbons (Fsp3) is 0.391. The number of hydrogen-bond donors (Lipinski definition) is 2. The molecule has 3 rings (SSSR count). The molecule has 2 N–H and O–H groups in total. The Bertz CT molecular complexity index is 884. The lowest BCUT2D eigenvalue weighted by molar-refractivity contribution is 0.234. The lowest BCUT2D eigenvalue weighted by atomic mass is 10.0. The summed E-state index contributed by atoms with van der Waals surface area (Å²) in [5, 5.41) is 14.9. The summed E-state index contributed by atoms with van der Waals surface area (Å²) >= 11 is 0. The molecule has 1 heterocycles. The molecule has 1 fully saturated rings. The zero-order valence-electron chi connectivity index (χ0n) is 17.5. The van der Waals surface area contributed by atoms with Crippen molar-refractivity contribution in [1.82, 2.24) is 10.6 Å². The van der Waals surface area contributed by atoms with Gasteiger partial charge >= 0.3 is 6.03 Å². The zero-order chi connectivity index (χ0) is 21.3. The fourth-order valence-corrected chi connectivity index (χ4v) is 3.65. The molecule has 1 aliphatic heterocycles. The van der Waals surface area contributed by atoms with Crippen LogP contribution in [0.1, 0.15) is 24.0 Å². The van der Waals surface area contributed by atoms with E-state index < -0.39 is 0 Å². The van der Waals surface area contributed by atoms with E-state index in [0.717, 1.165) is 48.7 Å². The van der Waals surface area contributed by atoms with E-state index in [1.54, 1.807) is 14.2 Å². The second kappa shape index (κ2) is 10.4. The minimum absolute atomic E-state index is 0.145. The first-order valence-electron chi connectivity index (χ1n) is 10.1. The number of nitrogens with one attached hydrogen (secondary N) is 2. The Kier molecular flexibility index (Phi) is 7.39. The Morgan fingerprint density at radius 3 is 2.50 bits per heavy atom. The summed E-state index contributed by atoms with van der Waals surface area (Å²) in [6.07, 6.45) is 2.43. The Morgan fingerprint density at radius 1 is 1.13 bits per heavy atom. The van der Waals surface area contributed by atoms with Crippen molar-refractivity contribution in [3.63, 3.8) is 0 Å². The summed E-state index contributed by atoms with van der Waals surface area (Å²) in [6, 6.07) is 15.4. The summed E-state index contributed by atoms with van der Waals surface area (Å²) in [7, 11) is 3.26. The molecule has 0 atom stereocenters. The zero-order valence-corrected chi connectivity index (χ0v) is 17.5. The molecule has 0 aliphatic carbocycles. The number of hydrogen-bond acceptors (Lipinski definition) is 5. The van der Waals surface area contributed by atoms with Crippen LogP contribution in [0.3, 0.4) is 0 Å². The number of piperidine rings is 1. The second-order valence-electron chi connectivity index (χ2n) is 7.25. The van der Waals surface area contributed by atoms with Crippen LogP contribution in [0.2, 0.25) is 0 Å². The number of carbonyl (C=O) groups excluding carboxylic acids is 1. The quantitative estimate of drug-likeness (QED) is 0.735. The first kappa shape index (κ1) is 21.3. The SMILES string of the molecule is COc1ccc(OC)c(CCNC(=O)NC2CCN(c3ccc(C#N)cc3)CC2)c1. The lowest BCUT2D eigenvalue weighted by Gasteiger charge is -2.34. The van der Waals surface area contributed by atoms with Gasteiger partial charge in [-0.3, -0.25) is 0 Å². The van der Waals surface area contributed by atoms with E-state index in [0.29, 0.717) is 18.5 Å². The standard InChI is InChI=1S/C23H28N4O3/c1-29-21-7-8-22(30-2)18(15-21)9-12-25-23(28)26-19-10-13-27(14-11-19)20-5-3-17(16-24)4-6-20/h3-8,15,19H,9-14H2,1-2H3,(H2,25,26,28). The number of rotatable bonds is 7. The molecular weight excluding hydrogens is 380 g/mol. The van der Waals surface area contributed by atoms with Crippen molar-refractivity contribution >= 4 is 11.7 Å². The van der Waals surface area contributed by atoms with E-state index in [4.69, 9.17) is 14.7 Å². The molecule has 0 saturated carbocycles. The van der Waals surface area contributed by atoms with E-state index in [1.807, 2.05) is 42.5 Å². The van der Waals surface area contributed by atoms with Gasteiger partial charge in [-0.25, -0.2) is 4.79 Å². The number of amides is 2. The number of nitriles is 1. The molecule has 0 unspecified atom stereocenters. The third-order valence-electron chi connectivity index (χ3n) is 5.36. The molecule has 0 spiro atoms. The maximum absolute atomic E-state index is 12.3. The van der Waals surface area contributed by atoms with Crippen LogP contribution in [0, 0.1) is 11.3 Å². The molecule has 0 radical (unpaired) electrons. The molecule has 2 aromatic rings. The molecule has 30 heavy (non-hydrogen) atoms. The highest BCUT2D eigenvalue weighted by Gasteiger charge is 2.20. The van der Waals surface area contributed by atoms with Crippen LogP contribution in [0.25, 0.3) is 0 Å². The molecule has 1 saturated heterocycles. The third-order valence-corrected chi connectivity index (χ3v) is 5.36. The highest BCUT2D eigenvalue weighted by molar-refractivity contribution is 5.74. The summed E-state index contributed by atoms with van der Waals surface area (Å²) in [4.78, 5) is 14.6. The van der Waals surface area contributed by atoms with Gasteiger partial charge in [-0.1, -0.05) is 0 Å². The van der Waals surface area contributed by atoms with Gasteiger partial charge in [0.05, 0.1) is 25.9 Å². The van der Waals surface area contributed by atoms with Crippen LogP contribution in [-0.2, 0) is 6.42 Å². The van der Waals surface area contributed by atoms with Gasteiger partial charge in [0.25, 0.3) is 0 Å². The Labute approximate surface area is 177 Å². The fourth-order valence-electron chi connectivity index (χ4n) is 3.65. The number of methoxy groups -OCH3 is 2. The van der Waals surface area contributed by atoms with Crippen molar-refractivity contribution in [2.24, 2.45) is 0 Å². The van der Waals surface area contributed by atoms with E-state index in [1.165, 1.54) is 0 Å². The molecule has 7 heteroatoms. The molecule has 1 aliphatic rings. The highest BCUT2D eigenvalue weighted by Crippen LogP contribution is 2.24. The normalized spacial score (nSPS) is 14.0.